The Morgan fingerprint density at radius 3 is 0.956 bits per heavy atom. The SMILES string of the molecule is C.C.C#CCCC(=O)NC(C)C(=O)NC.C=O.C=O.C=O.C=O.C=O.C=O.C=O.C=O.C=O.C=O.C=O.C=O.CC.CC.CC(C)(C)C.CC(N)=O.CCC(=O)O.CCC(=O)O.CCC(N)=O.CCCC(=O)O.CCCC(=O)O.CCc1ccc(O)cc1.CCc1cccc2ccccc12.CCc1ccccc1.Cc1cc(C)cc(CSCC(N)C(N)=O)c1.N.N.N.N.N.N.N.N.N.N.S.S. The van der Waals surface area contributed by atoms with Crippen molar-refractivity contribution in [1.82, 2.24) is 72.1 Å². The van der Waals surface area contributed by atoms with Crippen molar-refractivity contribution in [2.45, 2.75) is 248 Å². The predicted octanol–water partition coefficient (Wildman–Crippen LogP) is 15.7. The largest absolute Gasteiger partial charge is 0.508 e. The highest BCUT2D eigenvalue weighted by molar-refractivity contribution is 7.98. The second-order valence-electron chi connectivity index (χ2n) is 21.7. The van der Waals surface area contributed by atoms with E-state index in [1.54, 1.807) is 51.6 Å². The van der Waals surface area contributed by atoms with Crippen LogP contribution in [0.2, 0.25) is 0 Å². The maximum atomic E-state index is 11.0. The van der Waals surface area contributed by atoms with Crippen molar-refractivity contribution in [1.29, 1.82) is 0 Å². The molecule has 0 saturated carbocycles. The molecule has 0 aliphatic rings. The van der Waals surface area contributed by atoms with Crippen molar-refractivity contribution < 1.29 is 126 Å². The van der Waals surface area contributed by atoms with Crippen LogP contribution in [0.25, 0.3) is 10.8 Å². The highest BCUT2D eigenvalue weighted by Gasteiger charge is 2.13. The van der Waals surface area contributed by atoms with Gasteiger partial charge in [-0.05, 0) is 103 Å². The van der Waals surface area contributed by atoms with E-state index in [0.717, 1.165) is 37.9 Å². The number of aliphatic carboxylic acids is 4. The molecule has 812 valence electrons. The van der Waals surface area contributed by atoms with Gasteiger partial charge >= 0.3 is 23.9 Å². The number of carboxylic acids is 4. The summed E-state index contributed by atoms with van der Waals surface area (Å²) >= 11 is 1.63. The van der Waals surface area contributed by atoms with Crippen LogP contribution in [0, 0.1) is 31.6 Å². The van der Waals surface area contributed by atoms with Gasteiger partial charge in [-0.1, -0.05) is 240 Å². The Kier molecular flexibility index (Phi) is 384. The zero-order valence-corrected chi connectivity index (χ0v) is 87.5. The van der Waals surface area contributed by atoms with E-state index < -0.39 is 41.9 Å². The lowest BCUT2D eigenvalue weighted by molar-refractivity contribution is -0.138. The molecule has 0 radical (unpaired) electrons. The molecule has 0 aromatic heterocycles. The van der Waals surface area contributed by atoms with E-state index in [2.05, 4.69) is 175 Å². The topological polar surface area (TPSA) is 938 Å². The Hall–Kier alpha value is -12.4. The molecule has 0 saturated heterocycles. The quantitative estimate of drug-likeness (QED) is 0.0341. The molecule has 5 aromatic carbocycles. The number of terminal acetylenes is 1. The van der Waals surface area contributed by atoms with Gasteiger partial charge in [0.2, 0.25) is 29.5 Å². The van der Waals surface area contributed by atoms with Gasteiger partial charge in [0.1, 0.15) is 93.3 Å². The molecule has 0 spiro atoms. The summed E-state index contributed by atoms with van der Waals surface area (Å²) in [6.45, 7) is 62.9. The number of phenolic OH excluding ortho intramolecular Hbond substituents is 1. The third-order valence-electron chi connectivity index (χ3n) is 10.5. The molecule has 45 heteroatoms. The van der Waals surface area contributed by atoms with Crippen molar-refractivity contribution in [3.63, 3.8) is 0 Å². The average Bonchev–Trinajstić information content (AvgIpc) is 0.831. The Labute approximate surface area is 834 Å². The van der Waals surface area contributed by atoms with Gasteiger partial charge in [-0.3, -0.25) is 43.2 Å². The molecular weight excluding hydrogens is 1830 g/mol. The number of rotatable bonds is 19. The lowest BCUT2D eigenvalue weighted by atomic mass is 10.0. The number of hydrogen-bond donors (Lipinski definition) is 21. The minimum absolute atomic E-state index is 0. The Balaban J connectivity index is -0.0000000243. The number of thioether (sulfide) groups is 1. The van der Waals surface area contributed by atoms with E-state index in [4.69, 9.17) is 101 Å². The monoisotopic (exact) mass is 2020 g/mol. The van der Waals surface area contributed by atoms with E-state index in [9.17, 15) is 43.2 Å². The molecule has 136 heavy (non-hydrogen) atoms. The number of phenols is 1. The fraction of sp³-hybridized carbons (Fsp3) is 0.440. The molecule has 0 aliphatic heterocycles. The van der Waals surface area contributed by atoms with E-state index in [1.807, 2.05) is 141 Å². The molecule has 42 nitrogen and oxygen atoms in total. The third kappa shape index (κ3) is 272. The maximum Gasteiger partial charge on any atom is 0.303 e. The van der Waals surface area contributed by atoms with Crippen LogP contribution in [0.15, 0.2) is 115 Å². The number of nitrogens with one attached hydrogen (secondary N) is 2. The van der Waals surface area contributed by atoms with E-state index in [-0.39, 0.29) is 146 Å². The number of fused-ring (bicyclic) bond motifs is 1. The zero-order valence-electron chi connectivity index (χ0n) is 84.7. The first-order valence-electron chi connectivity index (χ1n) is 36.7. The summed E-state index contributed by atoms with van der Waals surface area (Å²) in [6.07, 6.45) is 11.9. The standard InChI is InChI=1S/C12H18N2OS.C12H12.C9H14N2O2.C8H10O.C8H10.C5H12.2C4H8O2.C3H7NO.2C3H6O2.C2H5NO.2C2H6.12CH2O.2CH4.10H3N.2H2S/c1-8-3-9(2)5-10(4-8)6-16-7-11(13)12(14)15;1-2-10-7-5-8-11-6-3-4-9-12(10)11;1-4-5-6-8(12)11-7(2)9(13)10-3;1-2-7-3-5-8(9)6-4-7;1-2-8-6-4-3-5-7-8;1-5(2,3)4;2*1-2-3-4(5)6;3*1-2-3(4)5;1-2(3)4;14*1-2;;;;;;;;;;;;;;/h3-5,11H,6-7,13H2,1-2H3,(H2,14,15);3-9H,2H2,1H3;1,7H,5-6H2,2-3H3,(H,10,13)(H,11,12);3-6,9H,2H2,1H3;3-7H,2H2,1H3;1-4H3;2*2-3H2,1H3,(H,5,6);2H2,1H3,(H2,4,5);2*2H2,1H3,(H,4,5);1H3,(H2,3,4);2*1-2H3;12*1H2;2*1H4;10*1H3;2*1H2. The number of carbonyl (C=O) groups excluding carboxylic acids is 17. The van der Waals surface area contributed by atoms with Gasteiger partial charge in [-0.2, -0.15) is 38.8 Å². The second-order valence-corrected chi connectivity index (χ2v) is 22.7. The summed E-state index contributed by atoms with van der Waals surface area (Å²) < 4.78 is 0. The number of primary amides is 3. The number of carbonyl (C=O) groups is 21. The van der Waals surface area contributed by atoms with Crippen molar-refractivity contribution in [3.8, 4) is 18.1 Å². The van der Waals surface area contributed by atoms with Crippen LogP contribution in [-0.4, -0.2) is 185 Å². The first-order valence-corrected chi connectivity index (χ1v) is 37.8. The number of aryl methyl sites for hydroxylation is 5. The molecule has 0 bridgehead atoms. The molecule has 0 aliphatic carbocycles. The highest BCUT2D eigenvalue weighted by Crippen LogP contribution is 2.19. The van der Waals surface area contributed by atoms with Crippen LogP contribution in [0.3, 0.4) is 0 Å². The summed E-state index contributed by atoms with van der Waals surface area (Å²) in [5, 5.41) is 47.8. The van der Waals surface area contributed by atoms with Crippen LogP contribution in [0.4, 0.5) is 0 Å². The first kappa shape index (κ1) is 237. The summed E-state index contributed by atoms with van der Waals surface area (Å²) in [5.41, 5.74) is 28.1. The van der Waals surface area contributed by atoms with Crippen LogP contribution in [0.5, 0.6) is 5.75 Å². The number of benzene rings is 5. The van der Waals surface area contributed by atoms with Gasteiger partial charge in [0.05, 0.1) is 6.04 Å². The smallest absolute Gasteiger partial charge is 0.303 e. The van der Waals surface area contributed by atoms with Crippen molar-refractivity contribution in [2.24, 2.45) is 28.3 Å². The van der Waals surface area contributed by atoms with E-state index >= 15 is 0 Å². The zero-order chi connectivity index (χ0) is 102. The minimum atomic E-state index is -0.745. The fourth-order valence-electron chi connectivity index (χ4n) is 5.79. The van der Waals surface area contributed by atoms with Gasteiger partial charge in [-0.25, -0.2) is 0 Å². The van der Waals surface area contributed by atoms with Crippen LogP contribution in [-0.2, 0) is 126 Å². The second kappa shape index (κ2) is 221. The molecule has 0 fully saturated rings. The van der Waals surface area contributed by atoms with Crippen molar-refractivity contribution in [2.75, 3.05) is 12.8 Å². The number of hydrogen-bond acceptors (Lipinski definition) is 34. The highest BCUT2D eigenvalue weighted by atomic mass is 32.2. The summed E-state index contributed by atoms with van der Waals surface area (Å²) in [6, 6.07) is 38.1. The molecule has 5 amide bonds. The predicted molar refractivity (Wildman–Crippen MR) is 579 cm³/mol. The number of likely N-dealkylation sites (N-methyl/N-ethyl adjacent to an activating group) is 1. The third-order valence-corrected chi connectivity index (χ3v) is 11.6. The summed E-state index contributed by atoms with van der Waals surface area (Å²) in [7, 11) is 1.52. The molecule has 0 heterocycles. The molecule has 5 aromatic rings. The molecule has 5 rings (SSSR count). The molecule has 45 N–H and O–H groups in total. The van der Waals surface area contributed by atoms with Crippen LogP contribution in [0.1, 0.15) is 231 Å². The van der Waals surface area contributed by atoms with Crippen molar-refractivity contribution >= 4 is 184 Å². The Morgan fingerprint density at radius 1 is 0.449 bits per heavy atom. The van der Waals surface area contributed by atoms with Gasteiger partial charge in [-0.15, -0.1) is 12.3 Å². The Morgan fingerprint density at radius 2 is 0.728 bits per heavy atom. The number of carboxylic acid groups (broad SMARTS) is 4. The van der Waals surface area contributed by atoms with Gasteiger partial charge < -0.3 is 178 Å². The molecule has 2 unspecified atom stereocenters. The molecular formula is C91H194N16O26S3. The molecule has 2 atom stereocenters. The van der Waals surface area contributed by atoms with Crippen LogP contribution < -0.4 is 95.1 Å². The summed E-state index contributed by atoms with van der Waals surface area (Å²) in [5.74, 6) is -0.212. The Bertz CT molecular complexity index is 3030. The summed E-state index contributed by atoms with van der Waals surface area (Å²) in [4.78, 5) is 185. The number of nitrogens with two attached hydrogens (primary N) is 4. The van der Waals surface area contributed by atoms with Crippen LogP contribution >= 0.6 is 38.8 Å². The number of aromatic hydroxyl groups is 1. The maximum absolute atomic E-state index is 11.0. The average molecular weight is 2020 g/mol. The number of amides is 5. The van der Waals surface area contributed by atoms with E-state index in [1.165, 1.54) is 58.1 Å². The van der Waals surface area contributed by atoms with Gasteiger partial charge in [0.25, 0.3) is 0 Å². The van der Waals surface area contributed by atoms with E-state index in [0.29, 0.717) is 42.6 Å². The lowest BCUT2D eigenvalue weighted by Gasteiger charge is -2.11. The normalized spacial score (nSPS) is 7.21. The van der Waals surface area contributed by atoms with Gasteiger partial charge in [0, 0.05) is 70.4 Å². The first-order chi connectivity index (χ1) is 57.9. The lowest BCUT2D eigenvalue weighted by Crippen LogP contribution is -2.43. The fourth-order valence-corrected chi connectivity index (χ4v) is 6.73. The minimum Gasteiger partial charge on any atom is -0.508 e. The van der Waals surface area contributed by atoms with Crippen molar-refractivity contribution in [3.05, 3.63) is 149 Å². The van der Waals surface area contributed by atoms with Gasteiger partial charge in [0.15, 0.2) is 0 Å².